The number of aromatic nitrogens is 1. The predicted molar refractivity (Wildman–Crippen MR) is 87.4 cm³/mol. The van der Waals surface area contributed by atoms with Crippen LogP contribution in [0, 0.1) is 6.92 Å². The Labute approximate surface area is 122 Å². The SMILES string of the molecule is CCN(CC)CCCNc1ccc(C)c2ncccc12. The molecule has 1 aromatic carbocycles. The first kappa shape index (κ1) is 14.8. The number of hydrogen-bond acceptors (Lipinski definition) is 3. The van der Waals surface area contributed by atoms with Crippen molar-refractivity contribution >= 4 is 16.6 Å². The van der Waals surface area contributed by atoms with E-state index in [-0.39, 0.29) is 0 Å². The lowest BCUT2D eigenvalue weighted by molar-refractivity contribution is 0.303. The van der Waals surface area contributed by atoms with Crippen molar-refractivity contribution in [3.63, 3.8) is 0 Å². The molecule has 2 rings (SSSR count). The number of aryl methyl sites for hydroxylation is 1. The Bertz CT molecular complexity index is 547. The molecule has 0 aliphatic carbocycles. The zero-order valence-corrected chi connectivity index (χ0v) is 12.8. The van der Waals surface area contributed by atoms with E-state index in [2.05, 4.69) is 54.2 Å². The van der Waals surface area contributed by atoms with Crippen LogP contribution in [0.2, 0.25) is 0 Å². The number of anilines is 1. The fourth-order valence-electron chi connectivity index (χ4n) is 2.53. The fraction of sp³-hybridized carbons (Fsp3) is 0.471. The Morgan fingerprint density at radius 3 is 2.70 bits per heavy atom. The van der Waals surface area contributed by atoms with E-state index in [1.54, 1.807) is 0 Å². The van der Waals surface area contributed by atoms with Crippen molar-refractivity contribution in [1.29, 1.82) is 0 Å². The highest BCUT2D eigenvalue weighted by Gasteiger charge is 2.04. The van der Waals surface area contributed by atoms with E-state index in [4.69, 9.17) is 0 Å². The van der Waals surface area contributed by atoms with Crippen LogP contribution < -0.4 is 5.32 Å². The van der Waals surface area contributed by atoms with Crippen LogP contribution in [0.4, 0.5) is 5.69 Å². The monoisotopic (exact) mass is 271 g/mol. The molecule has 0 bridgehead atoms. The van der Waals surface area contributed by atoms with Crippen molar-refractivity contribution < 1.29 is 0 Å². The highest BCUT2D eigenvalue weighted by molar-refractivity contribution is 5.93. The Morgan fingerprint density at radius 1 is 1.15 bits per heavy atom. The molecule has 1 heterocycles. The molecule has 3 heteroatoms. The van der Waals surface area contributed by atoms with Crippen LogP contribution in [0.25, 0.3) is 10.9 Å². The molecule has 0 saturated carbocycles. The van der Waals surface area contributed by atoms with Gasteiger partial charge >= 0.3 is 0 Å². The molecule has 1 aromatic heterocycles. The summed E-state index contributed by atoms with van der Waals surface area (Å²) < 4.78 is 0. The standard InChI is InChI=1S/C17H25N3/c1-4-20(5-2)13-7-12-18-16-10-9-14(3)17-15(16)8-6-11-19-17/h6,8-11,18H,4-5,7,12-13H2,1-3H3. The van der Waals surface area contributed by atoms with Gasteiger partial charge in [0, 0.05) is 23.8 Å². The van der Waals surface area contributed by atoms with Crippen LogP contribution in [-0.2, 0) is 0 Å². The van der Waals surface area contributed by atoms with E-state index >= 15 is 0 Å². The predicted octanol–water partition coefficient (Wildman–Crippen LogP) is 3.69. The first-order valence-corrected chi connectivity index (χ1v) is 7.56. The number of benzene rings is 1. The minimum atomic E-state index is 1.00. The van der Waals surface area contributed by atoms with E-state index in [0.717, 1.165) is 38.1 Å². The summed E-state index contributed by atoms with van der Waals surface area (Å²) in [5.74, 6) is 0. The molecule has 0 aliphatic heterocycles. The summed E-state index contributed by atoms with van der Waals surface area (Å²) >= 11 is 0. The zero-order valence-electron chi connectivity index (χ0n) is 12.8. The average molecular weight is 271 g/mol. The molecule has 0 saturated heterocycles. The van der Waals surface area contributed by atoms with Gasteiger partial charge in [0.25, 0.3) is 0 Å². The van der Waals surface area contributed by atoms with Crippen LogP contribution in [0.1, 0.15) is 25.8 Å². The summed E-state index contributed by atoms with van der Waals surface area (Å²) in [6.45, 7) is 11.0. The van der Waals surface area contributed by atoms with Crippen LogP contribution in [0.3, 0.4) is 0 Å². The zero-order chi connectivity index (χ0) is 14.4. The molecule has 2 aromatic rings. The Balaban J connectivity index is 1.98. The average Bonchev–Trinajstić information content (AvgIpc) is 2.50. The molecule has 20 heavy (non-hydrogen) atoms. The van der Waals surface area contributed by atoms with Gasteiger partial charge in [-0.3, -0.25) is 4.98 Å². The highest BCUT2D eigenvalue weighted by atomic mass is 15.1. The van der Waals surface area contributed by atoms with Crippen molar-refractivity contribution in [1.82, 2.24) is 9.88 Å². The van der Waals surface area contributed by atoms with Crippen LogP contribution in [0.15, 0.2) is 30.5 Å². The molecule has 0 unspecified atom stereocenters. The third kappa shape index (κ3) is 3.48. The molecule has 0 atom stereocenters. The Morgan fingerprint density at radius 2 is 1.95 bits per heavy atom. The maximum atomic E-state index is 4.48. The molecule has 3 nitrogen and oxygen atoms in total. The van der Waals surface area contributed by atoms with Gasteiger partial charge in [-0.1, -0.05) is 19.9 Å². The number of nitrogens with one attached hydrogen (secondary N) is 1. The van der Waals surface area contributed by atoms with Gasteiger partial charge in [0.05, 0.1) is 5.52 Å². The topological polar surface area (TPSA) is 28.2 Å². The lowest BCUT2D eigenvalue weighted by Crippen LogP contribution is -2.25. The fourth-order valence-corrected chi connectivity index (χ4v) is 2.53. The van der Waals surface area contributed by atoms with E-state index in [1.165, 1.54) is 16.6 Å². The maximum absolute atomic E-state index is 4.48. The summed E-state index contributed by atoms with van der Waals surface area (Å²) in [6.07, 6.45) is 3.02. The molecular weight excluding hydrogens is 246 g/mol. The first-order valence-electron chi connectivity index (χ1n) is 7.56. The van der Waals surface area contributed by atoms with E-state index in [9.17, 15) is 0 Å². The van der Waals surface area contributed by atoms with Crippen molar-refractivity contribution in [3.8, 4) is 0 Å². The van der Waals surface area contributed by atoms with Crippen LogP contribution in [-0.4, -0.2) is 36.1 Å². The van der Waals surface area contributed by atoms with Gasteiger partial charge in [0.1, 0.15) is 0 Å². The van der Waals surface area contributed by atoms with Crippen LogP contribution in [0.5, 0.6) is 0 Å². The molecule has 0 radical (unpaired) electrons. The molecule has 0 spiro atoms. The number of fused-ring (bicyclic) bond motifs is 1. The van der Waals surface area contributed by atoms with Crippen LogP contribution >= 0.6 is 0 Å². The smallest absolute Gasteiger partial charge is 0.0751 e. The Kier molecular flexibility index (Phi) is 5.36. The minimum absolute atomic E-state index is 1.00. The molecule has 0 fully saturated rings. The van der Waals surface area contributed by atoms with Gasteiger partial charge in [-0.25, -0.2) is 0 Å². The molecular formula is C17H25N3. The summed E-state index contributed by atoms with van der Waals surface area (Å²) in [4.78, 5) is 6.93. The maximum Gasteiger partial charge on any atom is 0.0751 e. The number of hydrogen-bond donors (Lipinski definition) is 1. The first-order chi connectivity index (χ1) is 9.76. The van der Waals surface area contributed by atoms with E-state index in [0.29, 0.717) is 0 Å². The third-order valence-electron chi connectivity index (χ3n) is 3.83. The lowest BCUT2D eigenvalue weighted by atomic mass is 10.1. The minimum Gasteiger partial charge on any atom is -0.384 e. The van der Waals surface area contributed by atoms with Crippen molar-refractivity contribution in [2.75, 3.05) is 31.5 Å². The lowest BCUT2D eigenvalue weighted by Gasteiger charge is -2.18. The Hall–Kier alpha value is -1.61. The summed E-state index contributed by atoms with van der Waals surface area (Å²) in [5, 5.41) is 4.77. The van der Waals surface area contributed by atoms with Crippen molar-refractivity contribution in [2.45, 2.75) is 27.2 Å². The number of nitrogens with zero attached hydrogens (tertiary/aromatic N) is 2. The van der Waals surface area contributed by atoms with E-state index in [1.807, 2.05) is 12.3 Å². The second kappa shape index (κ2) is 7.25. The van der Waals surface area contributed by atoms with Gasteiger partial charge in [-0.05, 0) is 56.7 Å². The summed E-state index contributed by atoms with van der Waals surface area (Å²) in [5.41, 5.74) is 3.52. The van der Waals surface area contributed by atoms with Crippen molar-refractivity contribution in [3.05, 3.63) is 36.0 Å². The van der Waals surface area contributed by atoms with E-state index < -0.39 is 0 Å². The molecule has 1 N–H and O–H groups in total. The summed E-state index contributed by atoms with van der Waals surface area (Å²) in [7, 11) is 0. The van der Waals surface area contributed by atoms with Gasteiger partial charge in [-0.2, -0.15) is 0 Å². The third-order valence-corrected chi connectivity index (χ3v) is 3.83. The van der Waals surface area contributed by atoms with Gasteiger partial charge in [0.15, 0.2) is 0 Å². The van der Waals surface area contributed by atoms with Gasteiger partial charge in [-0.15, -0.1) is 0 Å². The second-order valence-electron chi connectivity index (χ2n) is 5.14. The largest absolute Gasteiger partial charge is 0.384 e. The molecule has 108 valence electrons. The van der Waals surface area contributed by atoms with Gasteiger partial charge < -0.3 is 10.2 Å². The second-order valence-corrected chi connectivity index (χ2v) is 5.14. The number of pyridine rings is 1. The normalized spacial score (nSPS) is 11.2. The summed E-state index contributed by atoms with van der Waals surface area (Å²) in [6, 6.07) is 8.45. The van der Waals surface area contributed by atoms with Gasteiger partial charge in [0.2, 0.25) is 0 Å². The number of rotatable bonds is 7. The highest BCUT2D eigenvalue weighted by Crippen LogP contribution is 2.24. The van der Waals surface area contributed by atoms with Crippen molar-refractivity contribution in [2.24, 2.45) is 0 Å². The molecule has 0 aliphatic rings. The quantitative estimate of drug-likeness (QED) is 0.779. The molecule has 0 amide bonds.